The summed E-state index contributed by atoms with van der Waals surface area (Å²) in [5.74, 6) is 1.40. The predicted octanol–water partition coefficient (Wildman–Crippen LogP) is 4.41. The highest BCUT2D eigenvalue weighted by molar-refractivity contribution is 5.94. The quantitative estimate of drug-likeness (QED) is 0.774. The lowest BCUT2D eigenvalue weighted by Gasteiger charge is -2.17. The van der Waals surface area contributed by atoms with Crippen LogP contribution in [0.4, 0.5) is 0 Å². The SMILES string of the molecule is CCC(CNC(=O)c1ccc(OC(C)C)c(OC)c1)c1ccccc1. The topological polar surface area (TPSA) is 47.6 Å². The molecule has 0 saturated heterocycles. The Balaban J connectivity index is 2.05. The summed E-state index contributed by atoms with van der Waals surface area (Å²) >= 11 is 0. The molecule has 2 aromatic rings. The Hall–Kier alpha value is -2.49. The van der Waals surface area contributed by atoms with Gasteiger partial charge in [-0.2, -0.15) is 0 Å². The molecule has 0 bridgehead atoms. The minimum atomic E-state index is -0.108. The summed E-state index contributed by atoms with van der Waals surface area (Å²) in [5, 5.41) is 3.02. The van der Waals surface area contributed by atoms with Gasteiger partial charge < -0.3 is 14.8 Å². The van der Waals surface area contributed by atoms with E-state index in [-0.39, 0.29) is 12.0 Å². The molecule has 4 heteroatoms. The second kappa shape index (κ2) is 9.11. The van der Waals surface area contributed by atoms with Gasteiger partial charge in [0.15, 0.2) is 11.5 Å². The van der Waals surface area contributed by atoms with Gasteiger partial charge in [0.05, 0.1) is 13.2 Å². The Morgan fingerprint density at radius 3 is 2.40 bits per heavy atom. The van der Waals surface area contributed by atoms with Gasteiger partial charge >= 0.3 is 0 Å². The van der Waals surface area contributed by atoms with Crippen LogP contribution in [0.5, 0.6) is 11.5 Å². The maximum absolute atomic E-state index is 12.5. The summed E-state index contributed by atoms with van der Waals surface area (Å²) in [6, 6.07) is 15.5. The Bertz CT molecular complexity index is 683. The van der Waals surface area contributed by atoms with Crippen LogP contribution in [0.15, 0.2) is 48.5 Å². The van der Waals surface area contributed by atoms with E-state index in [1.54, 1.807) is 25.3 Å². The van der Waals surface area contributed by atoms with E-state index in [2.05, 4.69) is 24.4 Å². The van der Waals surface area contributed by atoms with Gasteiger partial charge in [-0.25, -0.2) is 0 Å². The molecule has 0 fully saturated rings. The summed E-state index contributed by atoms with van der Waals surface area (Å²) in [7, 11) is 1.58. The van der Waals surface area contributed by atoms with Crippen molar-refractivity contribution < 1.29 is 14.3 Å². The highest BCUT2D eigenvalue weighted by atomic mass is 16.5. The van der Waals surface area contributed by atoms with Crippen molar-refractivity contribution in [2.24, 2.45) is 0 Å². The standard InChI is InChI=1S/C21H27NO3/c1-5-16(17-9-7-6-8-10-17)14-22-21(23)18-11-12-19(25-15(2)3)20(13-18)24-4/h6-13,15-16H,5,14H2,1-4H3,(H,22,23). The average Bonchev–Trinajstić information content (AvgIpc) is 2.62. The van der Waals surface area contributed by atoms with E-state index in [1.807, 2.05) is 32.0 Å². The minimum absolute atomic E-state index is 0.0461. The van der Waals surface area contributed by atoms with Crippen LogP contribution < -0.4 is 14.8 Å². The van der Waals surface area contributed by atoms with Gasteiger partial charge in [0.25, 0.3) is 5.91 Å². The number of amides is 1. The van der Waals surface area contributed by atoms with E-state index in [0.717, 1.165) is 6.42 Å². The minimum Gasteiger partial charge on any atom is -0.493 e. The molecule has 134 valence electrons. The van der Waals surface area contributed by atoms with Crippen molar-refractivity contribution in [3.63, 3.8) is 0 Å². The maximum atomic E-state index is 12.5. The second-order valence-corrected chi connectivity index (χ2v) is 6.26. The van der Waals surface area contributed by atoms with Crippen molar-refractivity contribution in [1.82, 2.24) is 5.32 Å². The van der Waals surface area contributed by atoms with Crippen molar-refractivity contribution in [3.8, 4) is 11.5 Å². The number of rotatable bonds is 8. The Morgan fingerprint density at radius 2 is 1.80 bits per heavy atom. The molecule has 4 nitrogen and oxygen atoms in total. The summed E-state index contributed by atoms with van der Waals surface area (Å²) in [6.45, 7) is 6.64. The fourth-order valence-electron chi connectivity index (χ4n) is 2.70. The first-order chi connectivity index (χ1) is 12.0. The molecule has 0 saturated carbocycles. The highest BCUT2D eigenvalue weighted by Crippen LogP contribution is 2.29. The van der Waals surface area contributed by atoms with E-state index in [1.165, 1.54) is 5.56 Å². The van der Waals surface area contributed by atoms with Crippen LogP contribution >= 0.6 is 0 Å². The molecule has 2 rings (SSSR count). The Morgan fingerprint density at radius 1 is 1.08 bits per heavy atom. The van der Waals surface area contributed by atoms with Gasteiger partial charge in [0.2, 0.25) is 0 Å². The van der Waals surface area contributed by atoms with Gasteiger partial charge in [-0.05, 0) is 44.0 Å². The first kappa shape index (κ1) is 18.8. The number of ether oxygens (including phenoxy) is 2. The van der Waals surface area contributed by atoms with Crippen LogP contribution in [0.1, 0.15) is 49.0 Å². The molecule has 1 N–H and O–H groups in total. The molecule has 1 unspecified atom stereocenters. The molecule has 0 aliphatic heterocycles. The fourth-order valence-corrected chi connectivity index (χ4v) is 2.70. The molecule has 1 atom stereocenters. The molecule has 0 radical (unpaired) electrons. The van der Waals surface area contributed by atoms with Gasteiger partial charge in [0.1, 0.15) is 0 Å². The number of hydrogen-bond donors (Lipinski definition) is 1. The van der Waals surface area contributed by atoms with Crippen molar-refractivity contribution in [3.05, 3.63) is 59.7 Å². The monoisotopic (exact) mass is 341 g/mol. The van der Waals surface area contributed by atoms with Crippen LogP contribution in [0.3, 0.4) is 0 Å². The largest absolute Gasteiger partial charge is 0.493 e. The van der Waals surface area contributed by atoms with Crippen LogP contribution in [-0.2, 0) is 0 Å². The molecular formula is C21H27NO3. The normalized spacial score (nSPS) is 11.9. The van der Waals surface area contributed by atoms with Crippen LogP contribution in [-0.4, -0.2) is 25.7 Å². The van der Waals surface area contributed by atoms with Crippen LogP contribution in [0.25, 0.3) is 0 Å². The lowest BCUT2D eigenvalue weighted by Crippen LogP contribution is -2.28. The third kappa shape index (κ3) is 5.24. The van der Waals surface area contributed by atoms with Crippen LogP contribution in [0, 0.1) is 0 Å². The Labute approximate surface area is 150 Å². The van der Waals surface area contributed by atoms with Crippen LogP contribution in [0.2, 0.25) is 0 Å². The molecular weight excluding hydrogens is 314 g/mol. The number of nitrogens with one attached hydrogen (secondary N) is 1. The van der Waals surface area contributed by atoms with E-state index in [0.29, 0.717) is 29.5 Å². The van der Waals surface area contributed by atoms with Gasteiger partial charge in [-0.1, -0.05) is 37.3 Å². The molecule has 1 amide bonds. The summed E-state index contributed by atoms with van der Waals surface area (Å²) in [6.07, 6.45) is 1.01. The highest BCUT2D eigenvalue weighted by Gasteiger charge is 2.14. The third-order valence-electron chi connectivity index (χ3n) is 4.06. The van der Waals surface area contributed by atoms with Gasteiger partial charge in [-0.15, -0.1) is 0 Å². The van der Waals surface area contributed by atoms with Crippen molar-refractivity contribution in [2.45, 2.75) is 39.2 Å². The summed E-state index contributed by atoms with van der Waals surface area (Å²) < 4.78 is 11.0. The zero-order valence-corrected chi connectivity index (χ0v) is 15.4. The summed E-state index contributed by atoms with van der Waals surface area (Å²) in [5.41, 5.74) is 1.81. The van der Waals surface area contributed by atoms with E-state index < -0.39 is 0 Å². The number of carbonyl (C=O) groups is 1. The average molecular weight is 341 g/mol. The molecule has 2 aromatic carbocycles. The molecule has 0 aromatic heterocycles. The van der Waals surface area contributed by atoms with E-state index >= 15 is 0 Å². The van der Waals surface area contributed by atoms with Crippen molar-refractivity contribution in [2.75, 3.05) is 13.7 Å². The van der Waals surface area contributed by atoms with Gasteiger partial charge in [0, 0.05) is 18.0 Å². The van der Waals surface area contributed by atoms with Crippen molar-refractivity contribution in [1.29, 1.82) is 0 Å². The molecule has 0 heterocycles. The van der Waals surface area contributed by atoms with E-state index in [9.17, 15) is 4.79 Å². The smallest absolute Gasteiger partial charge is 0.251 e. The Kier molecular flexibility index (Phi) is 6.87. The molecule has 0 spiro atoms. The molecule has 0 aliphatic rings. The van der Waals surface area contributed by atoms with Gasteiger partial charge in [-0.3, -0.25) is 4.79 Å². The van der Waals surface area contributed by atoms with Crippen molar-refractivity contribution >= 4 is 5.91 Å². The maximum Gasteiger partial charge on any atom is 0.251 e. The number of benzene rings is 2. The first-order valence-electron chi connectivity index (χ1n) is 8.73. The summed E-state index contributed by atoms with van der Waals surface area (Å²) in [4.78, 5) is 12.5. The first-order valence-corrected chi connectivity index (χ1v) is 8.73. The lowest BCUT2D eigenvalue weighted by atomic mass is 9.96. The fraction of sp³-hybridized carbons (Fsp3) is 0.381. The molecule has 0 aliphatic carbocycles. The number of hydrogen-bond acceptors (Lipinski definition) is 3. The zero-order valence-electron chi connectivity index (χ0n) is 15.4. The lowest BCUT2D eigenvalue weighted by molar-refractivity contribution is 0.0950. The molecule has 25 heavy (non-hydrogen) atoms. The van der Waals surface area contributed by atoms with E-state index in [4.69, 9.17) is 9.47 Å². The predicted molar refractivity (Wildman–Crippen MR) is 101 cm³/mol. The third-order valence-corrected chi connectivity index (χ3v) is 4.06. The second-order valence-electron chi connectivity index (χ2n) is 6.26. The number of carbonyl (C=O) groups excluding carboxylic acids is 1. The number of methoxy groups -OCH3 is 1. The zero-order chi connectivity index (χ0) is 18.2.